The summed E-state index contributed by atoms with van der Waals surface area (Å²) < 4.78 is 48.7. The molecule has 1 aliphatic rings. The molecule has 0 radical (unpaired) electrons. The van der Waals surface area contributed by atoms with Gasteiger partial charge in [-0.2, -0.15) is 13.2 Å². The molecule has 0 aliphatic carbocycles. The molecule has 1 aromatic heterocycles. The van der Waals surface area contributed by atoms with Crippen molar-refractivity contribution in [1.29, 1.82) is 0 Å². The molecule has 3 aromatic rings. The maximum atomic E-state index is 12.7. The third-order valence-corrected chi connectivity index (χ3v) is 4.65. The number of aromatic nitrogens is 3. The summed E-state index contributed by atoms with van der Waals surface area (Å²) in [6, 6.07) is 13.9. The van der Waals surface area contributed by atoms with Crippen LogP contribution in [0.15, 0.2) is 48.5 Å². The number of hydrogen-bond acceptors (Lipinski definition) is 7. The third kappa shape index (κ3) is 5.81. The fourth-order valence-electron chi connectivity index (χ4n) is 2.98. The number of para-hydroxylation sites is 1. The number of carbonyl (C=O) groups excluding carboxylic acids is 1. The molecule has 1 atom stereocenters. The average Bonchev–Trinajstić information content (AvgIpc) is 3.22. The zero-order chi connectivity index (χ0) is 24.9. The van der Waals surface area contributed by atoms with Crippen LogP contribution in [0.4, 0.5) is 23.7 Å². The molecular weight excluding hydrogens is 461 g/mol. The standard InChI is InChI=1S/C13H12F3N3O4.C8H7NO2/c1-23-8-4-2-7(3-5-8)6-19-10(11(20)13(14,15)16)9(12(21)22)17-18-19;10-8-9-7-4-2-1-3-6(7)5-11-8/h2-5,11,20H,6H2,1H3,(H,21,22);1-4H,5H2,(H,9,10). The average molecular weight is 480 g/mol. The number of carbonyl (C=O) groups is 2. The van der Waals surface area contributed by atoms with Crippen LogP contribution >= 0.6 is 0 Å². The molecule has 1 unspecified atom stereocenters. The Bertz CT molecular complexity index is 1160. The number of aliphatic hydroxyl groups excluding tert-OH is 1. The Morgan fingerprint density at radius 1 is 1.24 bits per heavy atom. The number of anilines is 1. The highest BCUT2D eigenvalue weighted by Crippen LogP contribution is 2.34. The SMILES string of the molecule is COc1ccc(Cn2nnc(C(=O)O)c2C(O)C(F)(F)F)cc1.O=C1Nc2ccccc2CO1. The molecule has 2 aromatic carbocycles. The minimum Gasteiger partial charge on any atom is -0.497 e. The molecule has 4 rings (SSSR count). The van der Waals surface area contributed by atoms with E-state index in [0.29, 0.717) is 22.6 Å². The lowest BCUT2D eigenvalue weighted by Crippen LogP contribution is -2.25. The molecule has 34 heavy (non-hydrogen) atoms. The lowest BCUT2D eigenvalue weighted by Gasteiger charge is -2.16. The predicted octanol–water partition coefficient (Wildman–Crippen LogP) is 3.38. The van der Waals surface area contributed by atoms with Crippen molar-refractivity contribution in [2.45, 2.75) is 25.4 Å². The second-order valence-electron chi connectivity index (χ2n) is 6.94. The van der Waals surface area contributed by atoms with E-state index in [0.717, 1.165) is 11.3 Å². The normalized spacial score (nSPS) is 13.5. The summed E-state index contributed by atoms with van der Waals surface area (Å²) in [5, 5.41) is 27.5. The van der Waals surface area contributed by atoms with E-state index in [2.05, 4.69) is 15.6 Å². The van der Waals surface area contributed by atoms with Gasteiger partial charge in [-0.15, -0.1) is 5.10 Å². The van der Waals surface area contributed by atoms with Crippen molar-refractivity contribution in [2.24, 2.45) is 0 Å². The Balaban J connectivity index is 0.000000243. The highest BCUT2D eigenvalue weighted by molar-refractivity contribution is 5.87. The monoisotopic (exact) mass is 480 g/mol. The molecule has 10 nitrogen and oxygen atoms in total. The van der Waals surface area contributed by atoms with E-state index in [-0.39, 0.29) is 12.6 Å². The summed E-state index contributed by atoms with van der Waals surface area (Å²) in [6.45, 7) is 0.189. The lowest BCUT2D eigenvalue weighted by molar-refractivity contribution is -0.209. The number of ether oxygens (including phenoxy) is 2. The van der Waals surface area contributed by atoms with Crippen LogP contribution in [0.5, 0.6) is 5.75 Å². The molecule has 0 fully saturated rings. The number of nitrogens with one attached hydrogen (secondary N) is 1. The minimum atomic E-state index is -5.04. The van der Waals surface area contributed by atoms with Gasteiger partial charge in [-0.1, -0.05) is 35.5 Å². The first-order chi connectivity index (χ1) is 16.1. The van der Waals surface area contributed by atoms with Crippen molar-refractivity contribution in [3.63, 3.8) is 0 Å². The Kier molecular flexibility index (Phi) is 7.36. The molecule has 2 heterocycles. The summed E-state index contributed by atoms with van der Waals surface area (Å²) in [7, 11) is 1.46. The van der Waals surface area contributed by atoms with E-state index in [9.17, 15) is 27.9 Å². The summed E-state index contributed by atoms with van der Waals surface area (Å²) >= 11 is 0. The number of carboxylic acid groups (broad SMARTS) is 1. The molecular formula is C21H19F3N4O6. The number of hydrogen-bond donors (Lipinski definition) is 3. The van der Waals surface area contributed by atoms with Gasteiger partial charge in [-0.05, 0) is 23.8 Å². The second kappa shape index (κ2) is 10.2. The van der Waals surface area contributed by atoms with Crippen molar-refractivity contribution in [3.05, 3.63) is 71.0 Å². The van der Waals surface area contributed by atoms with Gasteiger partial charge in [0.15, 0.2) is 11.8 Å². The number of rotatable bonds is 5. The first-order valence-corrected chi connectivity index (χ1v) is 9.66. The van der Waals surface area contributed by atoms with Gasteiger partial charge < -0.3 is 19.7 Å². The lowest BCUT2D eigenvalue weighted by atomic mass is 10.1. The van der Waals surface area contributed by atoms with Crippen molar-refractivity contribution >= 4 is 17.7 Å². The largest absolute Gasteiger partial charge is 0.497 e. The Morgan fingerprint density at radius 2 is 1.91 bits per heavy atom. The molecule has 0 bridgehead atoms. The number of alkyl halides is 3. The number of aliphatic hydroxyl groups is 1. The summed E-state index contributed by atoms with van der Waals surface area (Å²) in [6.07, 6.45) is -8.41. The molecule has 13 heteroatoms. The molecule has 0 saturated heterocycles. The minimum absolute atomic E-state index is 0.188. The van der Waals surface area contributed by atoms with E-state index in [1.165, 1.54) is 7.11 Å². The van der Waals surface area contributed by atoms with E-state index < -0.39 is 29.6 Å². The fraction of sp³-hybridized carbons (Fsp3) is 0.238. The summed E-state index contributed by atoms with van der Waals surface area (Å²) in [4.78, 5) is 21.7. The van der Waals surface area contributed by atoms with Gasteiger partial charge >= 0.3 is 18.2 Å². The maximum absolute atomic E-state index is 12.7. The molecule has 0 saturated carbocycles. The van der Waals surface area contributed by atoms with Crippen LogP contribution in [0.1, 0.15) is 33.4 Å². The maximum Gasteiger partial charge on any atom is 0.420 e. The molecule has 1 amide bonds. The van der Waals surface area contributed by atoms with Crippen LogP contribution in [0.3, 0.4) is 0 Å². The first kappa shape index (κ1) is 24.5. The Hall–Kier alpha value is -4.13. The first-order valence-electron chi connectivity index (χ1n) is 9.66. The van der Waals surface area contributed by atoms with Crippen LogP contribution < -0.4 is 10.1 Å². The number of fused-ring (bicyclic) bond motifs is 1. The highest BCUT2D eigenvalue weighted by Gasteiger charge is 2.44. The van der Waals surface area contributed by atoms with Gasteiger partial charge in [0.1, 0.15) is 18.1 Å². The van der Waals surface area contributed by atoms with E-state index in [1.54, 1.807) is 24.3 Å². The topological polar surface area (TPSA) is 136 Å². The molecule has 3 N–H and O–H groups in total. The second-order valence-corrected chi connectivity index (χ2v) is 6.94. The molecule has 1 aliphatic heterocycles. The van der Waals surface area contributed by atoms with Crippen LogP contribution in [0, 0.1) is 0 Å². The van der Waals surface area contributed by atoms with Crippen LogP contribution in [-0.2, 0) is 17.9 Å². The molecule has 180 valence electrons. The number of halogens is 3. The van der Waals surface area contributed by atoms with E-state index in [1.807, 2.05) is 24.3 Å². The number of carboxylic acids is 1. The number of benzene rings is 2. The van der Waals surface area contributed by atoms with Crippen LogP contribution in [0.25, 0.3) is 0 Å². The zero-order valence-corrected chi connectivity index (χ0v) is 17.6. The number of methoxy groups -OCH3 is 1. The van der Waals surface area contributed by atoms with Crippen molar-refractivity contribution in [2.75, 3.05) is 12.4 Å². The molecule has 0 spiro atoms. The zero-order valence-electron chi connectivity index (χ0n) is 17.6. The number of aromatic carboxylic acids is 1. The van der Waals surface area contributed by atoms with Crippen LogP contribution in [0.2, 0.25) is 0 Å². The van der Waals surface area contributed by atoms with Gasteiger partial charge in [0.05, 0.1) is 19.3 Å². The van der Waals surface area contributed by atoms with Gasteiger partial charge in [0.25, 0.3) is 0 Å². The Morgan fingerprint density at radius 3 is 2.53 bits per heavy atom. The predicted molar refractivity (Wildman–Crippen MR) is 110 cm³/mol. The van der Waals surface area contributed by atoms with Gasteiger partial charge in [-0.25, -0.2) is 14.3 Å². The smallest absolute Gasteiger partial charge is 0.420 e. The van der Waals surface area contributed by atoms with Crippen molar-refractivity contribution in [3.8, 4) is 5.75 Å². The quantitative estimate of drug-likeness (QED) is 0.506. The van der Waals surface area contributed by atoms with E-state index >= 15 is 0 Å². The van der Waals surface area contributed by atoms with Crippen molar-refractivity contribution < 1.29 is 42.4 Å². The summed E-state index contributed by atoms with van der Waals surface area (Å²) in [5.74, 6) is -1.15. The Labute approximate surface area is 190 Å². The van der Waals surface area contributed by atoms with Gasteiger partial charge in [-0.3, -0.25) is 5.32 Å². The van der Waals surface area contributed by atoms with Crippen LogP contribution in [-0.4, -0.2) is 50.6 Å². The fourth-order valence-corrected chi connectivity index (χ4v) is 2.98. The third-order valence-electron chi connectivity index (χ3n) is 4.65. The highest BCUT2D eigenvalue weighted by atomic mass is 19.4. The summed E-state index contributed by atoms with van der Waals surface area (Å²) in [5.41, 5.74) is 0.545. The number of cyclic esters (lactones) is 1. The number of amides is 1. The van der Waals surface area contributed by atoms with E-state index in [4.69, 9.17) is 14.6 Å². The van der Waals surface area contributed by atoms with Gasteiger partial charge in [0, 0.05) is 5.56 Å². The van der Waals surface area contributed by atoms with Gasteiger partial charge in [0.2, 0.25) is 0 Å². The van der Waals surface area contributed by atoms with Crippen molar-refractivity contribution in [1.82, 2.24) is 15.0 Å². The number of nitrogens with zero attached hydrogens (tertiary/aromatic N) is 3.